The Kier molecular flexibility index (Phi) is 6.33. The number of benzene rings is 2. The molecule has 3 aliphatic rings. The summed E-state index contributed by atoms with van der Waals surface area (Å²) in [5.74, 6) is -2.50. The Morgan fingerprint density at radius 3 is 2.59 bits per heavy atom. The molecule has 0 spiro atoms. The minimum atomic E-state index is -1.02. The minimum absolute atomic E-state index is 0.00229. The number of amides is 5. The van der Waals surface area contributed by atoms with Crippen molar-refractivity contribution in [2.75, 3.05) is 10.6 Å². The molecule has 2 aromatic carbocycles. The molecule has 0 aromatic heterocycles. The van der Waals surface area contributed by atoms with Gasteiger partial charge >= 0.3 is 0 Å². The van der Waals surface area contributed by atoms with E-state index in [0.717, 1.165) is 22.1 Å². The lowest BCUT2D eigenvalue weighted by atomic mass is 10.0. The van der Waals surface area contributed by atoms with Gasteiger partial charge in [0.25, 0.3) is 11.8 Å². The number of imide groups is 2. The number of nitrogens with zero attached hydrogens (tertiary/aromatic N) is 1. The van der Waals surface area contributed by atoms with Crippen molar-refractivity contribution >= 4 is 52.5 Å². The summed E-state index contributed by atoms with van der Waals surface area (Å²) >= 11 is 6.17. The monoisotopic (exact) mass is 520 g/mol. The molecular weight excluding hydrogens is 496 g/mol. The molecule has 2 heterocycles. The number of hydrogen-bond donors (Lipinski definition) is 3. The normalized spacial score (nSPS) is 25.1. The first kappa shape index (κ1) is 24.7. The Hall–Kier alpha value is -3.98. The van der Waals surface area contributed by atoms with Crippen LogP contribution in [-0.4, -0.2) is 40.5 Å². The predicted molar refractivity (Wildman–Crippen MR) is 136 cm³/mol. The Morgan fingerprint density at radius 2 is 1.86 bits per heavy atom. The molecule has 1 unspecified atom stereocenters. The van der Waals surface area contributed by atoms with Gasteiger partial charge in [0.05, 0.1) is 0 Å². The van der Waals surface area contributed by atoms with Crippen LogP contribution in [0.15, 0.2) is 54.2 Å². The molecular formula is C27H25ClN4O5. The van der Waals surface area contributed by atoms with Gasteiger partial charge in [0, 0.05) is 34.8 Å². The fourth-order valence-corrected chi connectivity index (χ4v) is 5.23. The van der Waals surface area contributed by atoms with E-state index in [-0.39, 0.29) is 42.2 Å². The van der Waals surface area contributed by atoms with Crippen molar-refractivity contribution in [1.29, 1.82) is 0 Å². The highest BCUT2D eigenvalue weighted by molar-refractivity contribution is 6.31. The third-order valence-corrected chi connectivity index (χ3v) is 7.56. The fraction of sp³-hybridized carbons (Fsp3) is 0.296. The van der Waals surface area contributed by atoms with E-state index in [9.17, 15) is 24.0 Å². The SMILES string of the molecule is Cc1ccc(NC(=O)[C@@H]2[C@H](C)[C@@H]2c2cccc(NC3=CC(=O)N(C4CCC(=O)NC4=O)C3=O)c2)cc1Cl. The number of carbonyl (C=O) groups excluding carboxylic acids is 5. The maximum absolute atomic E-state index is 12.9. The topological polar surface area (TPSA) is 125 Å². The zero-order chi connectivity index (χ0) is 26.4. The first-order valence-corrected chi connectivity index (χ1v) is 12.4. The lowest BCUT2D eigenvalue weighted by molar-refractivity contribution is -0.149. The molecule has 2 aromatic rings. The summed E-state index contributed by atoms with van der Waals surface area (Å²) in [5.41, 5.74) is 3.13. The van der Waals surface area contributed by atoms with Gasteiger partial charge in [-0.3, -0.25) is 34.2 Å². The van der Waals surface area contributed by atoms with Gasteiger partial charge < -0.3 is 10.6 Å². The fourth-order valence-electron chi connectivity index (χ4n) is 5.05. The lowest BCUT2D eigenvalue weighted by Crippen LogP contribution is -2.54. The second-order valence-corrected chi connectivity index (χ2v) is 10.1. The number of rotatable bonds is 6. The van der Waals surface area contributed by atoms with Gasteiger partial charge in [-0.25, -0.2) is 0 Å². The Bertz CT molecular complexity index is 1390. The van der Waals surface area contributed by atoms with Gasteiger partial charge in [0.2, 0.25) is 17.7 Å². The maximum atomic E-state index is 12.9. The van der Waals surface area contributed by atoms with Gasteiger partial charge in [-0.2, -0.15) is 0 Å². The van der Waals surface area contributed by atoms with Crippen LogP contribution in [0.2, 0.25) is 5.02 Å². The highest BCUT2D eigenvalue weighted by Gasteiger charge is 2.52. The second kappa shape index (κ2) is 9.48. The van der Waals surface area contributed by atoms with Crippen molar-refractivity contribution in [3.63, 3.8) is 0 Å². The van der Waals surface area contributed by atoms with E-state index in [1.807, 2.05) is 44.2 Å². The molecule has 9 nitrogen and oxygen atoms in total. The first-order valence-electron chi connectivity index (χ1n) is 12.0. The van der Waals surface area contributed by atoms with E-state index in [1.54, 1.807) is 12.1 Å². The second-order valence-electron chi connectivity index (χ2n) is 9.65. The van der Waals surface area contributed by atoms with Gasteiger partial charge in [0.15, 0.2) is 0 Å². The number of carbonyl (C=O) groups is 5. The molecule has 1 saturated heterocycles. The van der Waals surface area contributed by atoms with Crippen molar-refractivity contribution in [2.24, 2.45) is 11.8 Å². The number of aryl methyl sites for hydroxylation is 1. The molecule has 1 aliphatic carbocycles. The van der Waals surface area contributed by atoms with Gasteiger partial charge in [-0.05, 0) is 60.6 Å². The molecule has 3 N–H and O–H groups in total. The average molecular weight is 521 g/mol. The van der Waals surface area contributed by atoms with E-state index >= 15 is 0 Å². The largest absolute Gasteiger partial charge is 0.351 e. The van der Waals surface area contributed by atoms with Gasteiger partial charge in [-0.1, -0.05) is 36.7 Å². The maximum Gasteiger partial charge on any atom is 0.278 e. The average Bonchev–Trinajstić information content (AvgIpc) is 3.45. The zero-order valence-corrected chi connectivity index (χ0v) is 21.0. The van der Waals surface area contributed by atoms with Crippen LogP contribution in [-0.2, 0) is 24.0 Å². The van der Waals surface area contributed by atoms with Crippen LogP contribution in [0.1, 0.15) is 36.8 Å². The summed E-state index contributed by atoms with van der Waals surface area (Å²) in [6.07, 6.45) is 1.31. The highest BCUT2D eigenvalue weighted by Crippen LogP contribution is 2.54. The van der Waals surface area contributed by atoms with E-state index in [1.165, 1.54) is 0 Å². The molecule has 37 heavy (non-hydrogen) atoms. The van der Waals surface area contributed by atoms with Crippen LogP contribution in [0, 0.1) is 18.8 Å². The number of anilines is 2. The zero-order valence-electron chi connectivity index (χ0n) is 20.2. The highest BCUT2D eigenvalue weighted by atomic mass is 35.5. The third kappa shape index (κ3) is 4.74. The van der Waals surface area contributed by atoms with Crippen LogP contribution < -0.4 is 16.0 Å². The number of piperidine rings is 1. The van der Waals surface area contributed by atoms with E-state index in [2.05, 4.69) is 16.0 Å². The number of halogens is 1. The first-order chi connectivity index (χ1) is 17.6. The molecule has 190 valence electrons. The Morgan fingerprint density at radius 1 is 1.08 bits per heavy atom. The summed E-state index contributed by atoms with van der Waals surface area (Å²) < 4.78 is 0. The van der Waals surface area contributed by atoms with E-state index in [4.69, 9.17) is 11.6 Å². The minimum Gasteiger partial charge on any atom is -0.351 e. The number of hydrogen-bond acceptors (Lipinski definition) is 6. The Labute approximate surface area is 218 Å². The summed E-state index contributed by atoms with van der Waals surface area (Å²) in [7, 11) is 0. The van der Waals surface area contributed by atoms with E-state index < -0.39 is 29.7 Å². The molecule has 5 amide bonds. The van der Waals surface area contributed by atoms with E-state index in [0.29, 0.717) is 16.4 Å². The molecule has 10 heteroatoms. The van der Waals surface area contributed by atoms with Crippen LogP contribution >= 0.6 is 11.6 Å². The van der Waals surface area contributed by atoms with Crippen LogP contribution in [0.4, 0.5) is 11.4 Å². The Balaban J connectivity index is 1.26. The molecule has 2 aliphatic heterocycles. The summed E-state index contributed by atoms with van der Waals surface area (Å²) in [6.45, 7) is 3.90. The predicted octanol–water partition coefficient (Wildman–Crippen LogP) is 3.11. The standard InChI is InChI=1S/C27H25ClN4O5/c1-13-6-7-17(11-18(13)28)30-26(36)24-14(2)23(24)15-4-3-5-16(10-15)29-19-12-22(34)32(27(19)37)20-8-9-21(33)31-25(20)35/h3-7,10-12,14,20,23-24,29H,8-9H2,1-2H3,(H,30,36)(H,31,33,35)/t14-,20?,23-,24-/m1/s1. The van der Waals surface area contributed by atoms with Crippen molar-refractivity contribution in [3.05, 3.63) is 70.4 Å². The molecule has 0 bridgehead atoms. The summed E-state index contributed by atoms with van der Waals surface area (Å²) in [4.78, 5) is 62.9. The molecule has 5 rings (SSSR count). The summed E-state index contributed by atoms with van der Waals surface area (Å²) in [5, 5.41) is 8.68. The van der Waals surface area contributed by atoms with Gasteiger partial charge in [0.1, 0.15) is 11.7 Å². The van der Waals surface area contributed by atoms with Crippen molar-refractivity contribution in [2.45, 2.75) is 38.6 Å². The van der Waals surface area contributed by atoms with Gasteiger partial charge in [-0.15, -0.1) is 0 Å². The lowest BCUT2D eigenvalue weighted by Gasteiger charge is -2.28. The molecule has 0 radical (unpaired) electrons. The van der Waals surface area contributed by atoms with Crippen molar-refractivity contribution in [3.8, 4) is 0 Å². The molecule has 1 saturated carbocycles. The smallest absolute Gasteiger partial charge is 0.278 e. The summed E-state index contributed by atoms with van der Waals surface area (Å²) in [6, 6.07) is 11.7. The van der Waals surface area contributed by atoms with Crippen LogP contribution in [0.25, 0.3) is 0 Å². The van der Waals surface area contributed by atoms with Crippen molar-refractivity contribution < 1.29 is 24.0 Å². The molecule has 2 fully saturated rings. The molecule has 4 atom stereocenters. The van der Waals surface area contributed by atoms with Crippen LogP contribution in [0.5, 0.6) is 0 Å². The van der Waals surface area contributed by atoms with Crippen LogP contribution in [0.3, 0.4) is 0 Å². The number of nitrogens with one attached hydrogen (secondary N) is 3. The third-order valence-electron chi connectivity index (χ3n) is 7.15. The van der Waals surface area contributed by atoms with Crippen molar-refractivity contribution in [1.82, 2.24) is 10.2 Å². The quantitative estimate of drug-likeness (QED) is 0.503.